The molecule has 6 heteroatoms. The van der Waals surface area contributed by atoms with Crippen LogP contribution in [0.4, 0.5) is 5.82 Å². The Morgan fingerprint density at radius 3 is 3.17 bits per heavy atom. The molecule has 1 aliphatic rings. The van der Waals surface area contributed by atoms with Crippen LogP contribution >= 0.6 is 11.6 Å². The van der Waals surface area contributed by atoms with Crippen LogP contribution in [-0.2, 0) is 4.79 Å². The molecule has 18 heavy (non-hydrogen) atoms. The molecule has 5 nitrogen and oxygen atoms in total. The number of fused-ring (bicyclic) bond motifs is 1. The van der Waals surface area contributed by atoms with E-state index in [1.54, 1.807) is 6.07 Å². The molecule has 0 spiro atoms. The summed E-state index contributed by atoms with van der Waals surface area (Å²) < 4.78 is 0. The molecule has 0 radical (unpaired) electrons. The fraction of sp³-hybridized carbons (Fsp3) is 0.333. The van der Waals surface area contributed by atoms with Crippen molar-refractivity contribution < 1.29 is 4.79 Å². The molecule has 1 aliphatic heterocycles. The number of anilines is 1. The Kier molecular flexibility index (Phi) is 2.93. The second kappa shape index (κ2) is 4.59. The van der Waals surface area contributed by atoms with E-state index in [0.717, 1.165) is 30.3 Å². The fourth-order valence-electron chi connectivity index (χ4n) is 2.21. The number of nitrogens with one attached hydrogen (secondary N) is 3. The first-order valence-corrected chi connectivity index (χ1v) is 6.30. The molecule has 3 N–H and O–H groups in total. The molecule has 0 aliphatic carbocycles. The third kappa shape index (κ3) is 1.95. The van der Waals surface area contributed by atoms with Crippen molar-refractivity contribution in [1.29, 1.82) is 0 Å². The fourth-order valence-corrected chi connectivity index (χ4v) is 2.43. The molecule has 1 saturated heterocycles. The number of hydrogen-bond acceptors (Lipinski definition) is 3. The molecule has 1 unspecified atom stereocenters. The summed E-state index contributed by atoms with van der Waals surface area (Å²) in [6.07, 6.45) is 1.90. The zero-order valence-corrected chi connectivity index (χ0v) is 10.4. The Morgan fingerprint density at radius 2 is 2.39 bits per heavy atom. The summed E-state index contributed by atoms with van der Waals surface area (Å²) in [5, 5.41) is 14.3. The molecule has 1 fully saturated rings. The van der Waals surface area contributed by atoms with E-state index < -0.39 is 0 Å². The van der Waals surface area contributed by atoms with Crippen LogP contribution in [0.15, 0.2) is 18.2 Å². The van der Waals surface area contributed by atoms with E-state index in [4.69, 9.17) is 11.6 Å². The smallest absolute Gasteiger partial charge is 0.242 e. The van der Waals surface area contributed by atoms with Gasteiger partial charge in [0.1, 0.15) is 0 Å². The van der Waals surface area contributed by atoms with Crippen LogP contribution in [0.5, 0.6) is 0 Å². The van der Waals surface area contributed by atoms with Crippen LogP contribution in [0.25, 0.3) is 10.9 Å². The SMILES string of the molecule is O=C(Nc1n[nH]c2c(Cl)cccc12)C1CCCN1. The number of halogens is 1. The van der Waals surface area contributed by atoms with Gasteiger partial charge >= 0.3 is 0 Å². The third-order valence-electron chi connectivity index (χ3n) is 3.17. The van der Waals surface area contributed by atoms with E-state index in [-0.39, 0.29) is 11.9 Å². The molecular formula is C12H13ClN4O. The maximum Gasteiger partial charge on any atom is 0.242 e. The second-order valence-electron chi connectivity index (χ2n) is 4.37. The first-order chi connectivity index (χ1) is 8.75. The highest BCUT2D eigenvalue weighted by Gasteiger charge is 2.23. The van der Waals surface area contributed by atoms with Crippen LogP contribution in [0.1, 0.15) is 12.8 Å². The van der Waals surface area contributed by atoms with Gasteiger partial charge in [0.05, 0.1) is 16.6 Å². The lowest BCUT2D eigenvalue weighted by Gasteiger charge is -2.09. The van der Waals surface area contributed by atoms with Crippen molar-refractivity contribution in [3.8, 4) is 0 Å². The van der Waals surface area contributed by atoms with Gasteiger partial charge in [-0.25, -0.2) is 0 Å². The number of aromatic nitrogens is 2. The van der Waals surface area contributed by atoms with Gasteiger partial charge in [-0.2, -0.15) is 5.10 Å². The van der Waals surface area contributed by atoms with Gasteiger partial charge in [-0.1, -0.05) is 17.7 Å². The molecule has 1 aromatic carbocycles. The summed E-state index contributed by atoms with van der Waals surface area (Å²) in [5.41, 5.74) is 0.744. The number of para-hydroxylation sites is 1. The van der Waals surface area contributed by atoms with Crippen molar-refractivity contribution >= 4 is 34.2 Å². The number of amides is 1. The quantitative estimate of drug-likeness (QED) is 0.776. The zero-order chi connectivity index (χ0) is 12.5. The first kappa shape index (κ1) is 11.5. The Hall–Kier alpha value is -1.59. The maximum atomic E-state index is 12.0. The largest absolute Gasteiger partial charge is 0.307 e. The molecular weight excluding hydrogens is 252 g/mol. The Bertz CT molecular complexity index is 589. The number of H-pyrrole nitrogens is 1. The molecule has 2 aromatic rings. The van der Waals surface area contributed by atoms with Crippen molar-refractivity contribution in [2.24, 2.45) is 0 Å². The summed E-state index contributed by atoms with van der Waals surface area (Å²) >= 11 is 6.04. The normalized spacial score (nSPS) is 19.3. The predicted octanol–water partition coefficient (Wildman–Crippen LogP) is 1.91. The molecule has 3 rings (SSSR count). The highest BCUT2D eigenvalue weighted by Crippen LogP contribution is 2.26. The standard InChI is InChI=1S/C12H13ClN4O/c13-8-4-1-3-7-10(8)16-17-11(7)15-12(18)9-5-2-6-14-9/h1,3-4,9,14H,2,5-6H2,(H2,15,16,17,18). The molecule has 0 saturated carbocycles. The van der Waals surface area contributed by atoms with E-state index >= 15 is 0 Å². The van der Waals surface area contributed by atoms with Gasteiger partial charge in [0.2, 0.25) is 5.91 Å². The molecule has 1 atom stereocenters. The van der Waals surface area contributed by atoms with E-state index in [1.807, 2.05) is 12.1 Å². The van der Waals surface area contributed by atoms with Crippen LogP contribution in [0.2, 0.25) is 5.02 Å². The van der Waals surface area contributed by atoms with Gasteiger partial charge in [-0.05, 0) is 31.5 Å². The summed E-state index contributed by atoms with van der Waals surface area (Å²) in [6.45, 7) is 0.894. The topological polar surface area (TPSA) is 69.8 Å². The number of hydrogen-bond donors (Lipinski definition) is 3. The monoisotopic (exact) mass is 264 g/mol. The van der Waals surface area contributed by atoms with Crippen molar-refractivity contribution in [3.63, 3.8) is 0 Å². The Morgan fingerprint density at radius 1 is 1.50 bits per heavy atom. The van der Waals surface area contributed by atoms with Gasteiger partial charge in [0, 0.05) is 5.39 Å². The van der Waals surface area contributed by atoms with Crippen molar-refractivity contribution in [2.75, 3.05) is 11.9 Å². The van der Waals surface area contributed by atoms with Gasteiger partial charge in [0.25, 0.3) is 0 Å². The lowest BCUT2D eigenvalue weighted by atomic mass is 10.2. The molecule has 1 aromatic heterocycles. The summed E-state index contributed by atoms with van der Waals surface area (Å²) in [4.78, 5) is 12.0. The summed E-state index contributed by atoms with van der Waals surface area (Å²) in [5.74, 6) is 0.493. The second-order valence-corrected chi connectivity index (χ2v) is 4.78. The van der Waals surface area contributed by atoms with Gasteiger partial charge < -0.3 is 10.6 Å². The van der Waals surface area contributed by atoms with Gasteiger partial charge in [-0.15, -0.1) is 0 Å². The number of carbonyl (C=O) groups is 1. The van der Waals surface area contributed by atoms with Crippen LogP contribution in [-0.4, -0.2) is 28.7 Å². The number of benzene rings is 1. The van der Waals surface area contributed by atoms with Crippen LogP contribution < -0.4 is 10.6 Å². The average Bonchev–Trinajstić information content (AvgIpc) is 2.99. The predicted molar refractivity (Wildman–Crippen MR) is 70.8 cm³/mol. The van der Waals surface area contributed by atoms with Crippen LogP contribution in [0.3, 0.4) is 0 Å². The van der Waals surface area contributed by atoms with Gasteiger partial charge in [0.15, 0.2) is 5.82 Å². The molecule has 1 amide bonds. The minimum absolute atomic E-state index is 0.0409. The first-order valence-electron chi connectivity index (χ1n) is 5.92. The minimum Gasteiger partial charge on any atom is -0.307 e. The lowest BCUT2D eigenvalue weighted by molar-refractivity contribution is -0.117. The number of nitrogens with zero attached hydrogens (tertiary/aromatic N) is 1. The number of rotatable bonds is 2. The van der Waals surface area contributed by atoms with Gasteiger partial charge in [-0.3, -0.25) is 9.89 Å². The number of carbonyl (C=O) groups excluding carboxylic acids is 1. The minimum atomic E-state index is -0.115. The summed E-state index contributed by atoms with van der Waals surface area (Å²) in [7, 11) is 0. The highest BCUT2D eigenvalue weighted by molar-refractivity contribution is 6.35. The molecule has 2 heterocycles. The summed E-state index contributed by atoms with van der Waals surface area (Å²) in [6, 6.07) is 5.38. The number of aromatic amines is 1. The van der Waals surface area contributed by atoms with E-state index in [2.05, 4.69) is 20.8 Å². The van der Waals surface area contributed by atoms with E-state index in [0.29, 0.717) is 10.8 Å². The Labute approximate surface area is 109 Å². The lowest BCUT2D eigenvalue weighted by Crippen LogP contribution is -2.35. The van der Waals surface area contributed by atoms with E-state index in [9.17, 15) is 4.79 Å². The average molecular weight is 265 g/mol. The van der Waals surface area contributed by atoms with E-state index in [1.165, 1.54) is 0 Å². The van der Waals surface area contributed by atoms with Crippen molar-refractivity contribution in [2.45, 2.75) is 18.9 Å². The van der Waals surface area contributed by atoms with Crippen molar-refractivity contribution in [3.05, 3.63) is 23.2 Å². The maximum absolute atomic E-state index is 12.0. The Balaban J connectivity index is 1.86. The molecule has 94 valence electrons. The highest BCUT2D eigenvalue weighted by atomic mass is 35.5. The molecule has 0 bridgehead atoms. The zero-order valence-electron chi connectivity index (χ0n) is 9.66. The third-order valence-corrected chi connectivity index (χ3v) is 3.48. The van der Waals surface area contributed by atoms with Crippen LogP contribution in [0, 0.1) is 0 Å². The van der Waals surface area contributed by atoms with Crippen molar-refractivity contribution in [1.82, 2.24) is 15.5 Å².